The number of anilines is 1. The molecule has 0 radical (unpaired) electrons. The second-order valence-corrected chi connectivity index (χ2v) is 7.68. The summed E-state index contributed by atoms with van der Waals surface area (Å²) in [6, 6.07) is 23.2. The molecule has 0 saturated carbocycles. The summed E-state index contributed by atoms with van der Waals surface area (Å²) in [5.74, 6) is -0.288. The van der Waals surface area contributed by atoms with Gasteiger partial charge >= 0.3 is 0 Å². The van der Waals surface area contributed by atoms with Crippen LogP contribution in [-0.4, -0.2) is 20.6 Å². The highest BCUT2D eigenvalue weighted by atomic mass is 32.2. The Balaban J connectivity index is 1.87. The number of sulfone groups is 1. The average Bonchev–Trinajstić information content (AvgIpc) is 2.62. The SMILES string of the molecule is CS(=O)(=O)c1ccc(C(=O)Nc2ccccc2-c2ccccc2)cc1. The Labute approximate surface area is 147 Å². The second-order valence-electron chi connectivity index (χ2n) is 5.66. The molecule has 0 saturated heterocycles. The highest BCUT2D eigenvalue weighted by molar-refractivity contribution is 7.90. The zero-order valence-corrected chi connectivity index (χ0v) is 14.5. The molecule has 0 fully saturated rings. The Kier molecular flexibility index (Phi) is 4.67. The van der Waals surface area contributed by atoms with Gasteiger partial charge in [-0.05, 0) is 35.9 Å². The van der Waals surface area contributed by atoms with Gasteiger partial charge in [-0.25, -0.2) is 8.42 Å². The number of amides is 1. The molecule has 1 N–H and O–H groups in total. The molecule has 0 aliphatic rings. The Morgan fingerprint density at radius 1 is 0.800 bits per heavy atom. The first-order chi connectivity index (χ1) is 11.9. The van der Waals surface area contributed by atoms with Crippen LogP contribution in [0, 0.1) is 0 Å². The van der Waals surface area contributed by atoms with Gasteiger partial charge in [0.1, 0.15) is 0 Å². The minimum absolute atomic E-state index is 0.189. The number of hydrogen-bond acceptors (Lipinski definition) is 3. The molecule has 3 rings (SSSR count). The fourth-order valence-corrected chi connectivity index (χ4v) is 3.14. The Morgan fingerprint density at radius 3 is 2.04 bits per heavy atom. The van der Waals surface area contributed by atoms with E-state index in [1.807, 2.05) is 54.6 Å². The van der Waals surface area contributed by atoms with Crippen LogP contribution >= 0.6 is 0 Å². The maximum absolute atomic E-state index is 12.5. The third-order valence-corrected chi connectivity index (χ3v) is 4.93. The van der Waals surface area contributed by atoms with Crippen molar-refractivity contribution >= 4 is 21.4 Å². The van der Waals surface area contributed by atoms with Crippen LogP contribution in [0.2, 0.25) is 0 Å². The fourth-order valence-electron chi connectivity index (χ4n) is 2.51. The number of nitrogens with one attached hydrogen (secondary N) is 1. The van der Waals surface area contributed by atoms with E-state index in [2.05, 4.69) is 5.32 Å². The van der Waals surface area contributed by atoms with E-state index in [0.29, 0.717) is 11.3 Å². The molecular weight excluding hydrogens is 334 g/mol. The Bertz CT molecular complexity index is 995. The van der Waals surface area contributed by atoms with E-state index in [1.54, 1.807) is 0 Å². The van der Waals surface area contributed by atoms with Crippen LogP contribution in [0.4, 0.5) is 5.69 Å². The van der Waals surface area contributed by atoms with E-state index in [0.717, 1.165) is 17.4 Å². The van der Waals surface area contributed by atoms with E-state index in [-0.39, 0.29) is 10.8 Å². The molecular formula is C20H17NO3S. The van der Waals surface area contributed by atoms with Crippen LogP contribution in [0.5, 0.6) is 0 Å². The molecule has 0 unspecified atom stereocenters. The summed E-state index contributed by atoms with van der Waals surface area (Å²) >= 11 is 0. The lowest BCUT2D eigenvalue weighted by Crippen LogP contribution is -2.12. The molecule has 0 aromatic heterocycles. The first-order valence-electron chi connectivity index (χ1n) is 7.71. The molecule has 3 aromatic carbocycles. The van der Waals surface area contributed by atoms with Gasteiger partial charge in [0.05, 0.1) is 4.90 Å². The summed E-state index contributed by atoms with van der Waals surface area (Å²) in [5.41, 5.74) is 3.02. The molecule has 0 atom stereocenters. The largest absolute Gasteiger partial charge is 0.321 e. The molecule has 126 valence electrons. The van der Waals surface area contributed by atoms with Gasteiger partial charge in [0.15, 0.2) is 9.84 Å². The molecule has 0 heterocycles. The van der Waals surface area contributed by atoms with Crippen LogP contribution in [0.15, 0.2) is 83.8 Å². The van der Waals surface area contributed by atoms with Gasteiger partial charge in [0.2, 0.25) is 0 Å². The maximum atomic E-state index is 12.5. The molecule has 1 amide bonds. The summed E-state index contributed by atoms with van der Waals surface area (Å²) in [6.45, 7) is 0. The lowest BCUT2D eigenvalue weighted by molar-refractivity contribution is 0.102. The number of benzene rings is 3. The van der Waals surface area contributed by atoms with Gasteiger partial charge in [-0.3, -0.25) is 4.79 Å². The predicted molar refractivity (Wildman–Crippen MR) is 99.4 cm³/mol. The van der Waals surface area contributed by atoms with Crippen molar-refractivity contribution in [2.24, 2.45) is 0 Å². The summed E-state index contributed by atoms with van der Waals surface area (Å²) in [6.07, 6.45) is 1.14. The van der Waals surface area contributed by atoms with E-state index in [9.17, 15) is 13.2 Å². The lowest BCUT2D eigenvalue weighted by atomic mass is 10.0. The lowest BCUT2D eigenvalue weighted by Gasteiger charge is -2.11. The van der Waals surface area contributed by atoms with Crippen molar-refractivity contribution in [3.8, 4) is 11.1 Å². The molecule has 3 aromatic rings. The second kappa shape index (κ2) is 6.91. The highest BCUT2D eigenvalue weighted by Crippen LogP contribution is 2.28. The molecule has 4 nitrogen and oxygen atoms in total. The van der Waals surface area contributed by atoms with E-state index in [4.69, 9.17) is 0 Å². The monoisotopic (exact) mass is 351 g/mol. The zero-order chi connectivity index (χ0) is 17.9. The summed E-state index contributed by atoms with van der Waals surface area (Å²) in [4.78, 5) is 12.7. The van der Waals surface area contributed by atoms with Crippen LogP contribution < -0.4 is 5.32 Å². The van der Waals surface area contributed by atoms with Gasteiger partial charge in [-0.2, -0.15) is 0 Å². The topological polar surface area (TPSA) is 63.2 Å². The standard InChI is InChI=1S/C20H17NO3S/c1-25(23,24)17-13-11-16(12-14-17)20(22)21-19-10-6-5-9-18(19)15-7-3-2-4-8-15/h2-14H,1H3,(H,21,22). The summed E-state index contributed by atoms with van der Waals surface area (Å²) in [5, 5.41) is 2.90. The van der Waals surface area contributed by atoms with Crippen LogP contribution in [-0.2, 0) is 9.84 Å². The van der Waals surface area contributed by atoms with Crippen molar-refractivity contribution in [1.29, 1.82) is 0 Å². The van der Waals surface area contributed by atoms with E-state index >= 15 is 0 Å². The van der Waals surface area contributed by atoms with Crippen molar-refractivity contribution < 1.29 is 13.2 Å². The fraction of sp³-hybridized carbons (Fsp3) is 0.0500. The summed E-state index contributed by atoms with van der Waals surface area (Å²) in [7, 11) is -3.28. The van der Waals surface area contributed by atoms with Crippen molar-refractivity contribution in [3.05, 3.63) is 84.4 Å². The quantitative estimate of drug-likeness (QED) is 0.772. The number of para-hydroxylation sites is 1. The first-order valence-corrected chi connectivity index (χ1v) is 9.60. The molecule has 0 bridgehead atoms. The van der Waals surface area contributed by atoms with Crippen molar-refractivity contribution in [2.45, 2.75) is 4.90 Å². The van der Waals surface area contributed by atoms with Gasteiger partial charge in [-0.1, -0.05) is 48.5 Å². The normalized spacial score (nSPS) is 11.1. The maximum Gasteiger partial charge on any atom is 0.255 e. The minimum Gasteiger partial charge on any atom is -0.321 e. The third kappa shape index (κ3) is 3.95. The van der Waals surface area contributed by atoms with Crippen molar-refractivity contribution in [1.82, 2.24) is 0 Å². The summed E-state index contributed by atoms with van der Waals surface area (Å²) < 4.78 is 23.0. The van der Waals surface area contributed by atoms with Gasteiger partial charge in [0.25, 0.3) is 5.91 Å². The van der Waals surface area contributed by atoms with Crippen LogP contribution in [0.25, 0.3) is 11.1 Å². The van der Waals surface area contributed by atoms with Gasteiger partial charge < -0.3 is 5.32 Å². The zero-order valence-electron chi connectivity index (χ0n) is 13.6. The van der Waals surface area contributed by atoms with Crippen molar-refractivity contribution in [2.75, 3.05) is 11.6 Å². The van der Waals surface area contributed by atoms with Crippen LogP contribution in [0.1, 0.15) is 10.4 Å². The molecule has 0 aliphatic heterocycles. The van der Waals surface area contributed by atoms with Gasteiger partial charge in [0, 0.05) is 23.1 Å². The minimum atomic E-state index is -3.28. The molecule has 0 aliphatic carbocycles. The van der Waals surface area contributed by atoms with Crippen LogP contribution in [0.3, 0.4) is 0 Å². The van der Waals surface area contributed by atoms with Gasteiger partial charge in [-0.15, -0.1) is 0 Å². The number of carbonyl (C=O) groups is 1. The Morgan fingerprint density at radius 2 is 1.40 bits per heavy atom. The van der Waals surface area contributed by atoms with E-state index in [1.165, 1.54) is 24.3 Å². The number of hydrogen-bond donors (Lipinski definition) is 1. The average molecular weight is 351 g/mol. The highest BCUT2D eigenvalue weighted by Gasteiger charge is 2.12. The van der Waals surface area contributed by atoms with Crippen molar-refractivity contribution in [3.63, 3.8) is 0 Å². The number of carbonyl (C=O) groups excluding carboxylic acids is 1. The Hall–Kier alpha value is -2.92. The smallest absolute Gasteiger partial charge is 0.255 e. The molecule has 5 heteroatoms. The predicted octanol–water partition coefficient (Wildman–Crippen LogP) is 4.01. The molecule has 0 spiro atoms. The van der Waals surface area contributed by atoms with E-state index < -0.39 is 9.84 Å². The molecule has 25 heavy (non-hydrogen) atoms. The third-order valence-electron chi connectivity index (χ3n) is 3.80. The first kappa shape index (κ1) is 16.9. The number of rotatable bonds is 4.